The monoisotopic (exact) mass is 512 g/mol. The number of carbonyl (C=O) groups excluding carboxylic acids is 1. The molecule has 0 unspecified atom stereocenters. The van der Waals surface area contributed by atoms with Gasteiger partial charge in [0.25, 0.3) is 5.91 Å². The third-order valence-electron chi connectivity index (χ3n) is 4.30. The normalized spacial score (nSPS) is 11.8. The van der Waals surface area contributed by atoms with E-state index in [-0.39, 0.29) is 21.5 Å². The van der Waals surface area contributed by atoms with Crippen LogP contribution in [0.25, 0.3) is 5.65 Å². The lowest BCUT2D eigenvalue weighted by molar-refractivity contribution is -0.142. The summed E-state index contributed by atoms with van der Waals surface area (Å²) in [4.78, 5) is 16.8. The molecule has 12 heteroatoms. The molecular formula is C19H13BrClF3N6O. The van der Waals surface area contributed by atoms with Crippen molar-refractivity contribution in [1.82, 2.24) is 24.4 Å². The smallest absolute Gasteiger partial charge is 0.321 e. The Balaban J connectivity index is 1.63. The van der Waals surface area contributed by atoms with Crippen LogP contribution in [0.1, 0.15) is 27.4 Å². The number of nitrogens with one attached hydrogen (secondary N) is 1. The quantitative estimate of drug-likeness (QED) is 0.418. The minimum absolute atomic E-state index is 0.0709. The SMILES string of the molecule is Cc1cc(C(F)(F)F)n2nc(C(=O)Nc3cccc(Cn4cc(Cl)cn4)c3)c(Br)c2n1. The predicted molar refractivity (Wildman–Crippen MR) is 111 cm³/mol. The Labute approximate surface area is 187 Å². The highest BCUT2D eigenvalue weighted by molar-refractivity contribution is 9.10. The summed E-state index contributed by atoms with van der Waals surface area (Å²) < 4.78 is 42.5. The Hall–Kier alpha value is -2.92. The molecular weight excluding hydrogens is 501 g/mol. The third-order valence-corrected chi connectivity index (χ3v) is 5.22. The minimum atomic E-state index is -4.66. The molecule has 1 amide bonds. The van der Waals surface area contributed by atoms with E-state index < -0.39 is 17.8 Å². The molecule has 7 nitrogen and oxygen atoms in total. The second-order valence-electron chi connectivity index (χ2n) is 6.69. The lowest BCUT2D eigenvalue weighted by Gasteiger charge is -2.09. The van der Waals surface area contributed by atoms with Gasteiger partial charge in [-0.2, -0.15) is 23.4 Å². The molecule has 1 N–H and O–H groups in total. The Morgan fingerprint density at radius 2 is 2.06 bits per heavy atom. The number of benzene rings is 1. The zero-order valence-corrected chi connectivity index (χ0v) is 18.1. The van der Waals surface area contributed by atoms with Crippen molar-refractivity contribution in [2.75, 3.05) is 5.32 Å². The first-order valence-electron chi connectivity index (χ1n) is 8.83. The van der Waals surface area contributed by atoms with Gasteiger partial charge in [-0.25, -0.2) is 9.50 Å². The molecule has 0 aliphatic rings. The largest absolute Gasteiger partial charge is 0.433 e. The molecule has 160 valence electrons. The standard InChI is InChI=1S/C19H13BrClF3N6O/c1-10-5-14(19(22,23)24)30-17(26-10)15(20)16(28-30)18(31)27-13-4-2-3-11(6-13)8-29-9-12(21)7-25-29/h2-7,9H,8H2,1H3,(H,27,31). The Morgan fingerprint density at radius 1 is 1.29 bits per heavy atom. The maximum Gasteiger partial charge on any atom is 0.433 e. The van der Waals surface area contributed by atoms with E-state index in [0.717, 1.165) is 11.6 Å². The maximum atomic E-state index is 13.4. The van der Waals surface area contributed by atoms with Crippen LogP contribution < -0.4 is 5.32 Å². The van der Waals surface area contributed by atoms with Crippen LogP contribution in [0.3, 0.4) is 0 Å². The predicted octanol–water partition coefficient (Wildman–Crippen LogP) is 4.97. The van der Waals surface area contributed by atoms with Crippen molar-refractivity contribution in [2.45, 2.75) is 19.6 Å². The van der Waals surface area contributed by atoms with E-state index in [1.807, 2.05) is 6.07 Å². The first-order chi connectivity index (χ1) is 14.6. The summed E-state index contributed by atoms with van der Waals surface area (Å²) in [5, 5.41) is 11.1. The lowest BCUT2D eigenvalue weighted by atomic mass is 10.2. The fourth-order valence-corrected chi connectivity index (χ4v) is 3.68. The van der Waals surface area contributed by atoms with Crippen molar-refractivity contribution in [3.05, 3.63) is 74.9 Å². The first kappa shape index (κ1) is 21.3. The van der Waals surface area contributed by atoms with E-state index in [1.165, 1.54) is 13.1 Å². The molecule has 0 spiro atoms. The van der Waals surface area contributed by atoms with E-state index >= 15 is 0 Å². The zero-order chi connectivity index (χ0) is 22.3. The lowest BCUT2D eigenvalue weighted by Crippen LogP contribution is -2.16. The molecule has 3 heterocycles. The van der Waals surface area contributed by atoms with Crippen molar-refractivity contribution in [2.24, 2.45) is 0 Å². The highest BCUT2D eigenvalue weighted by atomic mass is 79.9. The fourth-order valence-electron chi connectivity index (χ4n) is 3.01. The number of rotatable bonds is 4. The summed E-state index contributed by atoms with van der Waals surface area (Å²) >= 11 is 9.03. The number of alkyl halides is 3. The number of anilines is 1. The molecule has 0 bridgehead atoms. The molecule has 4 aromatic rings. The summed E-state index contributed by atoms with van der Waals surface area (Å²) in [6, 6.07) is 7.83. The highest BCUT2D eigenvalue weighted by Crippen LogP contribution is 2.32. The van der Waals surface area contributed by atoms with Crippen molar-refractivity contribution >= 4 is 44.8 Å². The molecule has 0 atom stereocenters. The van der Waals surface area contributed by atoms with Crippen molar-refractivity contribution in [3.63, 3.8) is 0 Å². The van der Waals surface area contributed by atoms with Crippen molar-refractivity contribution < 1.29 is 18.0 Å². The van der Waals surface area contributed by atoms with Crippen molar-refractivity contribution in [3.8, 4) is 0 Å². The van der Waals surface area contributed by atoms with Gasteiger partial charge >= 0.3 is 6.18 Å². The van der Waals surface area contributed by atoms with Crippen LogP contribution in [-0.4, -0.2) is 30.3 Å². The van der Waals surface area contributed by atoms with E-state index in [1.54, 1.807) is 29.1 Å². The molecule has 0 saturated heterocycles. The number of carbonyl (C=O) groups is 1. The number of amides is 1. The first-order valence-corrected chi connectivity index (χ1v) is 10.0. The van der Waals surface area contributed by atoms with E-state index in [9.17, 15) is 18.0 Å². The fraction of sp³-hybridized carbons (Fsp3) is 0.158. The second kappa shape index (κ2) is 7.97. The maximum absolute atomic E-state index is 13.4. The number of hydrogen-bond acceptors (Lipinski definition) is 4. The molecule has 1 aromatic carbocycles. The molecule has 0 fully saturated rings. The summed E-state index contributed by atoms with van der Waals surface area (Å²) in [7, 11) is 0. The average molecular weight is 514 g/mol. The summed E-state index contributed by atoms with van der Waals surface area (Å²) in [6.07, 6.45) is -1.48. The van der Waals surface area contributed by atoms with Gasteiger partial charge in [0.2, 0.25) is 0 Å². The molecule has 0 radical (unpaired) electrons. The number of halogens is 5. The van der Waals surface area contributed by atoms with Gasteiger partial charge in [-0.3, -0.25) is 9.48 Å². The molecule has 31 heavy (non-hydrogen) atoms. The van der Waals surface area contributed by atoms with Gasteiger partial charge < -0.3 is 5.32 Å². The van der Waals surface area contributed by atoms with Gasteiger partial charge in [-0.1, -0.05) is 23.7 Å². The van der Waals surface area contributed by atoms with E-state index in [2.05, 4.69) is 36.4 Å². The van der Waals surface area contributed by atoms with Crippen LogP contribution in [0.15, 0.2) is 47.2 Å². The number of aromatic nitrogens is 5. The van der Waals surface area contributed by atoms with Crippen LogP contribution in [0.2, 0.25) is 5.02 Å². The number of fused-ring (bicyclic) bond motifs is 1. The van der Waals surface area contributed by atoms with Gasteiger partial charge in [0.05, 0.1) is 22.2 Å². The van der Waals surface area contributed by atoms with Crippen LogP contribution in [0.5, 0.6) is 0 Å². The number of nitrogens with zero attached hydrogens (tertiary/aromatic N) is 5. The second-order valence-corrected chi connectivity index (χ2v) is 7.92. The summed E-state index contributed by atoms with van der Waals surface area (Å²) in [5.74, 6) is -0.678. The number of hydrogen-bond donors (Lipinski definition) is 1. The molecule has 0 saturated carbocycles. The van der Waals surface area contributed by atoms with Gasteiger partial charge in [0.15, 0.2) is 11.3 Å². The zero-order valence-electron chi connectivity index (χ0n) is 15.8. The molecule has 4 rings (SSSR count). The minimum Gasteiger partial charge on any atom is -0.321 e. The van der Waals surface area contributed by atoms with Gasteiger partial charge in [-0.05, 0) is 46.6 Å². The molecule has 0 aliphatic heterocycles. The number of aryl methyl sites for hydroxylation is 1. The Kier molecular flexibility index (Phi) is 5.48. The van der Waals surface area contributed by atoms with E-state index in [4.69, 9.17) is 11.6 Å². The van der Waals surface area contributed by atoms with Crippen molar-refractivity contribution in [1.29, 1.82) is 0 Å². The van der Waals surface area contributed by atoms with Crippen LogP contribution in [-0.2, 0) is 12.7 Å². The third kappa shape index (κ3) is 4.42. The topological polar surface area (TPSA) is 77.1 Å². The highest BCUT2D eigenvalue weighted by Gasteiger charge is 2.36. The average Bonchev–Trinajstić information content (AvgIpc) is 3.24. The van der Waals surface area contributed by atoms with Crippen LogP contribution >= 0.6 is 27.5 Å². The summed E-state index contributed by atoms with van der Waals surface area (Å²) in [5.41, 5.74) is 0.108. The van der Waals surface area contributed by atoms with Gasteiger partial charge in [0.1, 0.15) is 5.69 Å². The molecule has 3 aromatic heterocycles. The molecule has 0 aliphatic carbocycles. The Bertz CT molecular complexity index is 1300. The Morgan fingerprint density at radius 3 is 2.74 bits per heavy atom. The van der Waals surface area contributed by atoms with Gasteiger partial charge in [0, 0.05) is 17.6 Å². The van der Waals surface area contributed by atoms with Crippen LogP contribution in [0.4, 0.5) is 18.9 Å². The van der Waals surface area contributed by atoms with Crippen LogP contribution in [0, 0.1) is 6.92 Å². The van der Waals surface area contributed by atoms with E-state index in [0.29, 0.717) is 21.8 Å². The van der Waals surface area contributed by atoms with Gasteiger partial charge in [-0.15, -0.1) is 0 Å². The summed E-state index contributed by atoms with van der Waals surface area (Å²) in [6.45, 7) is 1.86.